The van der Waals surface area contributed by atoms with Gasteiger partial charge in [0.15, 0.2) is 0 Å². The summed E-state index contributed by atoms with van der Waals surface area (Å²) in [5.41, 5.74) is 8.46. The number of nitrogens with two attached hydrogens (primary N) is 1. The molecule has 0 radical (unpaired) electrons. The normalized spacial score (nSPS) is 10.0. The van der Waals surface area contributed by atoms with Gasteiger partial charge in [0.2, 0.25) is 0 Å². The summed E-state index contributed by atoms with van der Waals surface area (Å²) >= 11 is 0. The zero-order valence-electron chi connectivity index (χ0n) is 11.1. The maximum absolute atomic E-state index is 5.85. The Balaban J connectivity index is 2.19. The maximum atomic E-state index is 5.85. The molecule has 0 aromatic heterocycles. The van der Waals surface area contributed by atoms with Crippen LogP contribution in [0.15, 0.2) is 42.5 Å². The Morgan fingerprint density at radius 3 is 2.32 bits per heavy atom. The second kappa shape index (κ2) is 6.00. The highest BCUT2D eigenvalue weighted by Crippen LogP contribution is 2.34. The molecule has 4 heteroatoms. The fraction of sp³-hybridized carbons (Fsp3) is 0.200. The van der Waals surface area contributed by atoms with Crippen LogP contribution < -0.4 is 20.5 Å². The van der Waals surface area contributed by atoms with E-state index in [4.69, 9.17) is 15.2 Å². The summed E-state index contributed by atoms with van der Waals surface area (Å²) in [5.74, 6) is 1.34. The molecule has 3 N–H and O–H groups in total. The second-order valence-electron chi connectivity index (χ2n) is 4.13. The molecule has 0 aliphatic rings. The molecular formula is C15H18N2O2. The summed E-state index contributed by atoms with van der Waals surface area (Å²) in [5, 5.41) is 3.32. The summed E-state index contributed by atoms with van der Waals surface area (Å²) in [4.78, 5) is 0. The lowest BCUT2D eigenvalue weighted by atomic mass is 10.2. The van der Waals surface area contributed by atoms with Crippen molar-refractivity contribution in [3.8, 4) is 11.5 Å². The highest BCUT2D eigenvalue weighted by Gasteiger charge is 2.08. The highest BCUT2D eigenvalue weighted by atomic mass is 16.5. The minimum absolute atomic E-state index is 0.560. The number of ether oxygens (including phenoxy) is 2. The van der Waals surface area contributed by atoms with Crippen molar-refractivity contribution in [1.82, 2.24) is 0 Å². The first kappa shape index (κ1) is 13.1. The van der Waals surface area contributed by atoms with Crippen LogP contribution in [0.5, 0.6) is 11.5 Å². The van der Waals surface area contributed by atoms with Gasteiger partial charge in [0.1, 0.15) is 11.5 Å². The number of hydrogen-bond donors (Lipinski definition) is 2. The zero-order valence-corrected chi connectivity index (χ0v) is 11.1. The van der Waals surface area contributed by atoms with Gasteiger partial charge in [0.05, 0.1) is 25.6 Å². The zero-order chi connectivity index (χ0) is 13.7. The fourth-order valence-corrected chi connectivity index (χ4v) is 1.85. The molecule has 0 atom stereocenters. The van der Waals surface area contributed by atoms with Gasteiger partial charge in [-0.3, -0.25) is 0 Å². The van der Waals surface area contributed by atoms with Crippen molar-refractivity contribution in [3.63, 3.8) is 0 Å². The van der Waals surface area contributed by atoms with E-state index in [9.17, 15) is 0 Å². The van der Waals surface area contributed by atoms with Crippen LogP contribution in [0.2, 0.25) is 0 Å². The standard InChI is InChI=1S/C15H18N2O2/c1-18-14-9-13(15(19-2)8-12(14)16)17-10-11-6-4-3-5-7-11/h3-9,17H,10,16H2,1-2H3. The largest absolute Gasteiger partial charge is 0.495 e. The second-order valence-corrected chi connectivity index (χ2v) is 4.13. The van der Waals surface area contributed by atoms with Crippen molar-refractivity contribution in [3.05, 3.63) is 48.0 Å². The Hall–Kier alpha value is -2.36. The van der Waals surface area contributed by atoms with E-state index in [2.05, 4.69) is 17.4 Å². The summed E-state index contributed by atoms with van der Waals surface area (Å²) < 4.78 is 10.5. The van der Waals surface area contributed by atoms with Crippen molar-refractivity contribution < 1.29 is 9.47 Å². The molecule has 2 aromatic rings. The minimum atomic E-state index is 0.560. The smallest absolute Gasteiger partial charge is 0.144 e. The van der Waals surface area contributed by atoms with Crippen molar-refractivity contribution in [2.24, 2.45) is 0 Å². The van der Waals surface area contributed by atoms with Crippen LogP contribution in [0.3, 0.4) is 0 Å². The van der Waals surface area contributed by atoms with Crippen LogP contribution in [0, 0.1) is 0 Å². The molecule has 2 rings (SSSR count). The van der Waals surface area contributed by atoms with Crippen molar-refractivity contribution in [2.45, 2.75) is 6.54 Å². The van der Waals surface area contributed by atoms with Gasteiger partial charge in [-0.15, -0.1) is 0 Å². The Bertz CT molecular complexity index is 541. The third-order valence-electron chi connectivity index (χ3n) is 2.88. The molecule has 0 aliphatic heterocycles. The topological polar surface area (TPSA) is 56.5 Å². The van der Waals surface area contributed by atoms with Crippen LogP contribution in [-0.4, -0.2) is 14.2 Å². The van der Waals surface area contributed by atoms with Crippen LogP contribution in [0.1, 0.15) is 5.56 Å². The molecule has 4 nitrogen and oxygen atoms in total. The van der Waals surface area contributed by atoms with Gasteiger partial charge in [-0.2, -0.15) is 0 Å². The average molecular weight is 258 g/mol. The molecule has 0 spiro atoms. The van der Waals surface area contributed by atoms with E-state index in [1.54, 1.807) is 20.3 Å². The van der Waals surface area contributed by atoms with Crippen LogP contribution in [0.25, 0.3) is 0 Å². The summed E-state index contributed by atoms with van der Waals surface area (Å²) in [7, 11) is 3.22. The lowest BCUT2D eigenvalue weighted by molar-refractivity contribution is 0.406. The van der Waals surface area contributed by atoms with Gasteiger partial charge in [-0.05, 0) is 5.56 Å². The number of benzene rings is 2. The molecule has 19 heavy (non-hydrogen) atoms. The van der Waals surface area contributed by atoms with Gasteiger partial charge in [0.25, 0.3) is 0 Å². The van der Waals surface area contributed by atoms with E-state index in [1.807, 2.05) is 24.3 Å². The van der Waals surface area contributed by atoms with Crippen LogP contribution >= 0.6 is 0 Å². The van der Waals surface area contributed by atoms with Gasteiger partial charge >= 0.3 is 0 Å². The Morgan fingerprint density at radius 2 is 1.68 bits per heavy atom. The number of methoxy groups -OCH3 is 2. The molecule has 2 aromatic carbocycles. The molecule has 0 unspecified atom stereocenters. The summed E-state index contributed by atoms with van der Waals surface area (Å²) in [6, 6.07) is 13.7. The first-order valence-corrected chi connectivity index (χ1v) is 6.04. The highest BCUT2D eigenvalue weighted by molar-refractivity contribution is 5.69. The SMILES string of the molecule is COc1cc(NCc2ccccc2)c(OC)cc1N. The van der Waals surface area contributed by atoms with E-state index < -0.39 is 0 Å². The molecule has 100 valence electrons. The van der Waals surface area contributed by atoms with E-state index in [0.717, 1.165) is 5.69 Å². The molecule has 0 saturated carbocycles. The molecule has 0 fully saturated rings. The van der Waals surface area contributed by atoms with E-state index in [1.165, 1.54) is 5.56 Å². The lowest BCUT2D eigenvalue weighted by Gasteiger charge is -2.14. The molecular weight excluding hydrogens is 240 g/mol. The monoisotopic (exact) mass is 258 g/mol. The lowest BCUT2D eigenvalue weighted by Crippen LogP contribution is -2.03. The Kier molecular flexibility index (Phi) is 4.13. The first-order valence-electron chi connectivity index (χ1n) is 6.04. The average Bonchev–Trinajstić information content (AvgIpc) is 2.46. The number of nitrogen functional groups attached to an aromatic ring is 1. The fourth-order valence-electron chi connectivity index (χ4n) is 1.85. The quantitative estimate of drug-likeness (QED) is 0.810. The Morgan fingerprint density at radius 1 is 1.00 bits per heavy atom. The first-order chi connectivity index (χ1) is 9.24. The van der Waals surface area contributed by atoms with Gasteiger partial charge in [-0.25, -0.2) is 0 Å². The number of rotatable bonds is 5. The maximum Gasteiger partial charge on any atom is 0.144 e. The van der Waals surface area contributed by atoms with Gasteiger partial charge < -0.3 is 20.5 Å². The van der Waals surface area contributed by atoms with Crippen molar-refractivity contribution in [2.75, 3.05) is 25.3 Å². The third-order valence-corrected chi connectivity index (χ3v) is 2.88. The minimum Gasteiger partial charge on any atom is -0.495 e. The van der Waals surface area contributed by atoms with E-state index in [0.29, 0.717) is 23.7 Å². The predicted octanol–water partition coefficient (Wildman–Crippen LogP) is 2.90. The molecule has 0 heterocycles. The molecule has 0 aliphatic carbocycles. The number of nitrogens with one attached hydrogen (secondary N) is 1. The van der Waals surface area contributed by atoms with Crippen molar-refractivity contribution in [1.29, 1.82) is 0 Å². The van der Waals surface area contributed by atoms with Crippen molar-refractivity contribution >= 4 is 11.4 Å². The Labute approximate surface area is 113 Å². The van der Waals surface area contributed by atoms with E-state index in [-0.39, 0.29) is 0 Å². The summed E-state index contributed by atoms with van der Waals surface area (Å²) in [6.45, 7) is 0.713. The predicted molar refractivity (Wildman–Crippen MR) is 77.7 cm³/mol. The molecule has 0 amide bonds. The molecule has 0 saturated heterocycles. The number of anilines is 2. The van der Waals surface area contributed by atoms with Crippen LogP contribution in [0.4, 0.5) is 11.4 Å². The van der Waals surface area contributed by atoms with E-state index >= 15 is 0 Å². The van der Waals surface area contributed by atoms with Gasteiger partial charge in [0, 0.05) is 18.7 Å². The third kappa shape index (κ3) is 3.10. The number of hydrogen-bond acceptors (Lipinski definition) is 4. The molecule has 0 bridgehead atoms. The van der Waals surface area contributed by atoms with Crippen LogP contribution in [-0.2, 0) is 6.54 Å². The summed E-state index contributed by atoms with van der Waals surface area (Å²) in [6.07, 6.45) is 0. The van der Waals surface area contributed by atoms with Gasteiger partial charge in [-0.1, -0.05) is 30.3 Å².